The van der Waals surface area contributed by atoms with Crippen molar-refractivity contribution in [3.8, 4) is 0 Å². The van der Waals surface area contributed by atoms with Crippen molar-refractivity contribution < 1.29 is 4.79 Å². The molecule has 1 fully saturated rings. The summed E-state index contributed by atoms with van der Waals surface area (Å²) in [5.41, 5.74) is 2.10. The number of nitrogens with zero attached hydrogens (tertiary/aromatic N) is 1. The van der Waals surface area contributed by atoms with E-state index in [4.69, 9.17) is 0 Å². The Bertz CT molecular complexity index is 592. The lowest BCUT2D eigenvalue weighted by Gasteiger charge is -2.35. The number of benzene rings is 1. The molecule has 1 aromatic heterocycles. The number of piperidine rings is 1. The monoisotopic (exact) mass is 300 g/mol. The van der Waals surface area contributed by atoms with E-state index in [1.807, 2.05) is 29.6 Å². The smallest absolute Gasteiger partial charge is 0.265 e. The van der Waals surface area contributed by atoms with E-state index >= 15 is 0 Å². The highest BCUT2D eigenvalue weighted by atomic mass is 32.1. The van der Waals surface area contributed by atoms with E-state index in [2.05, 4.69) is 29.3 Å². The molecule has 2 aromatic rings. The first-order valence-electron chi connectivity index (χ1n) is 7.45. The maximum Gasteiger partial charge on any atom is 0.265 e. The van der Waals surface area contributed by atoms with Crippen molar-refractivity contribution in [2.75, 3.05) is 16.8 Å². The number of anilines is 2. The van der Waals surface area contributed by atoms with E-state index < -0.39 is 0 Å². The maximum atomic E-state index is 12.0. The second-order valence-electron chi connectivity index (χ2n) is 5.52. The lowest BCUT2D eigenvalue weighted by molar-refractivity contribution is 0.103. The molecular formula is C17H20N2OS. The van der Waals surface area contributed by atoms with E-state index in [0.717, 1.165) is 17.1 Å². The quantitative estimate of drug-likeness (QED) is 0.912. The number of rotatable bonds is 3. The van der Waals surface area contributed by atoms with Crippen LogP contribution in [0.5, 0.6) is 0 Å². The van der Waals surface area contributed by atoms with Crippen LogP contribution >= 0.6 is 11.3 Å². The summed E-state index contributed by atoms with van der Waals surface area (Å²) in [4.78, 5) is 15.2. The van der Waals surface area contributed by atoms with Crippen molar-refractivity contribution in [1.29, 1.82) is 0 Å². The number of hydrogen-bond acceptors (Lipinski definition) is 3. The first kappa shape index (κ1) is 14.1. The van der Waals surface area contributed by atoms with Crippen LogP contribution in [0.3, 0.4) is 0 Å². The van der Waals surface area contributed by atoms with Crippen LogP contribution in [0.25, 0.3) is 0 Å². The number of carbonyl (C=O) groups excluding carboxylic acids is 1. The standard InChI is InChI=1S/C17H20N2OS/c1-13-5-2-3-11-19(13)15-9-7-14(8-10-15)18-17(20)16-6-4-12-21-16/h4,6-10,12-13H,2-3,5,11H2,1H3,(H,18,20)/t13-/m1/s1. The third-order valence-electron chi connectivity index (χ3n) is 4.00. The topological polar surface area (TPSA) is 32.3 Å². The van der Waals surface area contributed by atoms with Gasteiger partial charge in [-0.1, -0.05) is 6.07 Å². The molecule has 1 aliphatic rings. The van der Waals surface area contributed by atoms with E-state index in [1.165, 1.54) is 36.3 Å². The third-order valence-corrected chi connectivity index (χ3v) is 4.87. The molecule has 0 aliphatic carbocycles. The normalized spacial score (nSPS) is 18.5. The van der Waals surface area contributed by atoms with E-state index in [1.54, 1.807) is 0 Å². The number of hydrogen-bond donors (Lipinski definition) is 1. The van der Waals surface area contributed by atoms with Crippen LogP contribution in [-0.2, 0) is 0 Å². The van der Waals surface area contributed by atoms with Gasteiger partial charge in [-0.25, -0.2) is 0 Å². The van der Waals surface area contributed by atoms with Crippen LogP contribution in [0.15, 0.2) is 41.8 Å². The molecule has 1 saturated heterocycles. The highest BCUT2D eigenvalue weighted by Gasteiger charge is 2.18. The fraction of sp³-hybridized carbons (Fsp3) is 0.353. The molecule has 1 amide bonds. The van der Waals surface area contributed by atoms with Crippen LogP contribution in [0.1, 0.15) is 35.9 Å². The first-order valence-corrected chi connectivity index (χ1v) is 8.33. The molecule has 0 radical (unpaired) electrons. The minimum absolute atomic E-state index is 0.0379. The molecule has 4 heteroatoms. The van der Waals surface area contributed by atoms with Crippen LogP contribution in [-0.4, -0.2) is 18.5 Å². The summed E-state index contributed by atoms with van der Waals surface area (Å²) in [6.45, 7) is 3.41. The van der Waals surface area contributed by atoms with E-state index in [-0.39, 0.29) is 5.91 Å². The number of carbonyl (C=O) groups is 1. The van der Waals surface area contributed by atoms with Gasteiger partial charge >= 0.3 is 0 Å². The van der Waals surface area contributed by atoms with Gasteiger partial charge in [0.25, 0.3) is 5.91 Å². The number of thiophene rings is 1. The Balaban J connectivity index is 1.68. The molecule has 3 nitrogen and oxygen atoms in total. The largest absolute Gasteiger partial charge is 0.369 e. The molecule has 1 aliphatic heterocycles. The second kappa shape index (κ2) is 6.31. The zero-order valence-corrected chi connectivity index (χ0v) is 13.0. The number of nitrogens with one attached hydrogen (secondary N) is 1. The molecule has 0 saturated carbocycles. The Labute approximate surface area is 129 Å². The predicted molar refractivity (Wildman–Crippen MR) is 89.4 cm³/mol. The minimum atomic E-state index is -0.0379. The Morgan fingerprint density at radius 3 is 2.71 bits per heavy atom. The van der Waals surface area contributed by atoms with Gasteiger partial charge in [-0.3, -0.25) is 4.79 Å². The number of amides is 1. The van der Waals surface area contributed by atoms with Crippen LogP contribution in [0.4, 0.5) is 11.4 Å². The molecule has 1 aromatic carbocycles. The fourth-order valence-corrected chi connectivity index (χ4v) is 3.44. The SMILES string of the molecule is C[C@@H]1CCCCN1c1ccc(NC(=O)c2cccs2)cc1. The van der Waals surface area contributed by atoms with Crippen molar-refractivity contribution in [2.24, 2.45) is 0 Å². The molecule has 2 heterocycles. The highest BCUT2D eigenvalue weighted by molar-refractivity contribution is 7.12. The lowest BCUT2D eigenvalue weighted by Crippen LogP contribution is -2.37. The van der Waals surface area contributed by atoms with Gasteiger partial charge in [0, 0.05) is 24.0 Å². The van der Waals surface area contributed by atoms with Gasteiger partial charge in [-0.15, -0.1) is 11.3 Å². The summed E-state index contributed by atoms with van der Waals surface area (Å²) < 4.78 is 0. The summed E-state index contributed by atoms with van der Waals surface area (Å²) in [6, 6.07) is 12.5. The molecule has 0 unspecified atom stereocenters. The van der Waals surface area contributed by atoms with Gasteiger partial charge in [0.1, 0.15) is 0 Å². The van der Waals surface area contributed by atoms with Crippen molar-refractivity contribution in [2.45, 2.75) is 32.2 Å². The molecule has 1 atom stereocenters. The van der Waals surface area contributed by atoms with Crippen molar-refractivity contribution in [1.82, 2.24) is 0 Å². The van der Waals surface area contributed by atoms with Crippen molar-refractivity contribution in [3.05, 3.63) is 46.7 Å². The average molecular weight is 300 g/mol. The zero-order chi connectivity index (χ0) is 14.7. The average Bonchev–Trinajstić information content (AvgIpc) is 3.03. The Morgan fingerprint density at radius 2 is 2.05 bits per heavy atom. The molecular weight excluding hydrogens is 280 g/mol. The summed E-state index contributed by atoms with van der Waals surface area (Å²) >= 11 is 1.46. The molecule has 0 spiro atoms. The van der Waals surface area contributed by atoms with Gasteiger partial charge in [-0.05, 0) is 61.9 Å². The van der Waals surface area contributed by atoms with Crippen molar-refractivity contribution in [3.63, 3.8) is 0 Å². The lowest BCUT2D eigenvalue weighted by atomic mass is 10.0. The third kappa shape index (κ3) is 3.27. The molecule has 0 bridgehead atoms. The molecule has 21 heavy (non-hydrogen) atoms. The summed E-state index contributed by atoms with van der Waals surface area (Å²) in [5, 5.41) is 4.85. The predicted octanol–water partition coefficient (Wildman–Crippen LogP) is 4.38. The summed E-state index contributed by atoms with van der Waals surface area (Å²) in [5.74, 6) is -0.0379. The summed E-state index contributed by atoms with van der Waals surface area (Å²) in [7, 11) is 0. The zero-order valence-electron chi connectivity index (χ0n) is 12.2. The highest BCUT2D eigenvalue weighted by Crippen LogP contribution is 2.26. The van der Waals surface area contributed by atoms with Crippen molar-refractivity contribution >= 4 is 28.6 Å². The van der Waals surface area contributed by atoms with Gasteiger partial charge in [0.05, 0.1) is 4.88 Å². The van der Waals surface area contributed by atoms with Gasteiger partial charge in [-0.2, -0.15) is 0 Å². The Morgan fingerprint density at radius 1 is 1.24 bits per heavy atom. The maximum absolute atomic E-state index is 12.0. The Kier molecular flexibility index (Phi) is 4.25. The second-order valence-corrected chi connectivity index (χ2v) is 6.46. The van der Waals surface area contributed by atoms with Crippen LogP contribution in [0.2, 0.25) is 0 Å². The minimum Gasteiger partial charge on any atom is -0.369 e. The van der Waals surface area contributed by atoms with Gasteiger partial charge in [0.15, 0.2) is 0 Å². The van der Waals surface area contributed by atoms with E-state index in [9.17, 15) is 4.79 Å². The molecule has 3 rings (SSSR count). The fourth-order valence-electron chi connectivity index (χ4n) is 2.82. The van der Waals surface area contributed by atoms with Crippen LogP contribution in [0, 0.1) is 0 Å². The Hall–Kier alpha value is -1.81. The van der Waals surface area contributed by atoms with Gasteiger partial charge in [0.2, 0.25) is 0 Å². The molecule has 110 valence electrons. The van der Waals surface area contributed by atoms with Crippen LogP contribution < -0.4 is 10.2 Å². The van der Waals surface area contributed by atoms with E-state index in [0.29, 0.717) is 6.04 Å². The van der Waals surface area contributed by atoms with Gasteiger partial charge < -0.3 is 10.2 Å². The summed E-state index contributed by atoms with van der Waals surface area (Å²) in [6.07, 6.45) is 3.85. The first-order chi connectivity index (χ1) is 10.2. The molecule has 1 N–H and O–H groups in total.